The molecule has 4 aromatic rings. The number of methoxy groups -OCH3 is 1. The van der Waals surface area contributed by atoms with Gasteiger partial charge in [-0.3, -0.25) is 9.47 Å². The molecule has 9 heteroatoms. The maximum Gasteiger partial charge on any atom is 0.409 e. The van der Waals surface area contributed by atoms with Crippen LogP contribution in [0.25, 0.3) is 11.0 Å². The van der Waals surface area contributed by atoms with Crippen LogP contribution in [0.1, 0.15) is 30.0 Å². The standard InChI is InChI=1S/C30H34N4O4.ClH/c1-37-26-13-11-24(12-14-26)22-32(21-23-7-3-2-4-8-23)19-20-38-30(36)33-17-15-25(16-18-33)34-28-10-6-5-9-27(28)31-29(34)35;/h2-14,25H,15-22H2,1H3,(H,31,35);1H. The molecule has 0 atom stereocenters. The summed E-state index contributed by atoms with van der Waals surface area (Å²) in [5, 5.41) is 0. The van der Waals surface area contributed by atoms with Gasteiger partial charge < -0.3 is 19.4 Å². The van der Waals surface area contributed by atoms with Gasteiger partial charge in [-0.15, -0.1) is 12.4 Å². The number of para-hydroxylation sites is 2. The van der Waals surface area contributed by atoms with Gasteiger partial charge in [-0.05, 0) is 48.2 Å². The summed E-state index contributed by atoms with van der Waals surface area (Å²) < 4.78 is 12.8. The first-order chi connectivity index (χ1) is 18.6. The Kier molecular flexibility index (Phi) is 9.68. The van der Waals surface area contributed by atoms with Crippen molar-refractivity contribution < 1.29 is 14.3 Å². The number of carbonyl (C=O) groups excluding carboxylic acids is 1. The largest absolute Gasteiger partial charge is 0.497 e. The van der Waals surface area contributed by atoms with Crippen LogP contribution >= 0.6 is 12.4 Å². The highest BCUT2D eigenvalue weighted by atomic mass is 35.5. The number of ether oxygens (including phenoxy) is 2. The lowest BCUT2D eigenvalue weighted by molar-refractivity contribution is 0.0769. The number of piperidine rings is 1. The van der Waals surface area contributed by atoms with Crippen LogP contribution in [0.2, 0.25) is 0 Å². The number of halogens is 1. The van der Waals surface area contributed by atoms with E-state index in [-0.39, 0.29) is 30.2 Å². The zero-order valence-corrected chi connectivity index (χ0v) is 22.9. The van der Waals surface area contributed by atoms with Gasteiger partial charge in [0.15, 0.2) is 0 Å². The number of carbonyl (C=O) groups is 1. The third-order valence-corrected chi connectivity index (χ3v) is 7.16. The number of amides is 1. The van der Waals surface area contributed by atoms with Crippen molar-refractivity contribution in [1.82, 2.24) is 19.4 Å². The Morgan fingerprint density at radius 3 is 2.26 bits per heavy atom. The first kappa shape index (κ1) is 28.3. The minimum Gasteiger partial charge on any atom is -0.497 e. The van der Waals surface area contributed by atoms with E-state index in [1.807, 2.05) is 59.2 Å². The molecule has 0 unspecified atom stereocenters. The summed E-state index contributed by atoms with van der Waals surface area (Å²) in [6, 6.07) is 26.1. The lowest BCUT2D eigenvalue weighted by Gasteiger charge is -2.32. The van der Waals surface area contributed by atoms with Crippen LogP contribution < -0.4 is 10.4 Å². The van der Waals surface area contributed by atoms with E-state index in [1.54, 1.807) is 12.0 Å². The summed E-state index contributed by atoms with van der Waals surface area (Å²) in [6.07, 6.45) is 1.14. The van der Waals surface area contributed by atoms with Crippen LogP contribution in [0.4, 0.5) is 4.79 Å². The van der Waals surface area contributed by atoms with Gasteiger partial charge in [0.05, 0.1) is 18.1 Å². The van der Waals surface area contributed by atoms with E-state index in [1.165, 1.54) is 11.1 Å². The number of benzene rings is 3. The fourth-order valence-electron chi connectivity index (χ4n) is 5.14. The highest BCUT2D eigenvalue weighted by molar-refractivity contribution is 5.85. The van der Waals surface area contributed by atoms with Crippen molar-refractivity contribution in [1.29, 1.82) is 0 Å². The molecule has 2 heterocycles. The predicted octanol–water partition coefficient (Wildman–Crippen LogP) is 5.24. The Hall–Kier alpha value is -3.75. The zero-order chi connectivity index (χ0) is 26.3. The quantitative estimate of drug-likeness (QED) is 0.308. The number of aromatic nitrogens is 2. The first-order valence-electron chi connectivity index (χ1n) is 13.1. The summed E-state index contributed by atoms with van der Waals surface area (Å²) in [5.74, 6) is 0.829. The Labute approximate surface area is 234 Å². The fourth-order valence-corrected chi connectivity index (χ4v) is 5.14. The van der Waals surface area contributed by atoms with E-state index in [9.17, 15) is 9.59 Å². The van der Waals surface area contributed by atoms with Crippen LogP contribution in [-0.4, -0.2) is 58.8 Å². The molecule has 1 amide bonds. The SMILES string of the molecule is COc1ccc(CN(CCOC(=O)N2CCC(n3c(=O)[nH]c4ccccc43)CC2)Cc2ccccc2)cc1.Cl. The lowest BCUT2D eigenvalue weighted by Crippen LogP contribution is -2.41. The molecular formula is C30H35ClN4O4. The maximum atomic E-state index is 12.8. The number of hydrogen-bond donors (Lipinski definition) is 1. The van der Waals surface area contributed by atoms with E-state index >= 15 is 0 Å². The lowest BCUT2D eigenvalue weighted by atomic mass is 10.0. The molecule has 39 heavy (non-hydrogen) atoms. The van der Waals surface area contributed by atoms with Gasteiger partial charge in [0.2, 0.25) is 0 Å². The summed E-state index contributed by atoms with van der Waals surface area (Å²) in [5.41, 5.74) is 4.04. The Morgan fingerprint density at radius 2 is 1.56 bits per heavy atom. The van der Waals surface area contributed by atoms with Gasteiger partial charge >= 0.3 is 11.8 Å². The zero-order valence-electron chi connectivity index (χ0n) is 22.1. The van der Waals surface area contributed by atoms with Crippen molar-refractivity contribution in [3.8, 4) is 5.75 Å². The van der Waals surface area contributed by atoms with Crippen LogP contribution in [0.5, 0.6) is 5.75 Å². The smallest absolute Gasteiger partial charge is 0.409 e. The van der Waals surface area contributed by atoms with Gasteiger partial charge in [0, 0.05) is 38.8 Å². The van der Waals surface area contributed by atoms with Crippen LogP contribution in [0.15, 0.2) is 83.7 Å². The minimum absolute atomic E-state index is 0. The van der Waals surface area contributed by atoms with Gasteiger partial charge in [-0.25, -0.2) is 9.59 Å². The molecule has 3 aromatic carbocycles. The fraction of sp³-hybridized carbons (Fsp3) is 0.333. The van der Waals surface area contributed by atoms with Crippen molar-refractivity contribution in [2.24, 2.45) is 0 Å². The van der Waals surface area contributed by atoms with E-state index in [0.29, 0.717) is 39.1 Å². The molecule has 0 aliphatic carbocycles. The van der Waals surface area contributed by atoms with Gasteiger partial charge in [-0.2, -0.15) is 0 Å². The van der Waals surface area contributed by atoms with Crippen molar-refractivity contribution >= 4 is 29.5 Å². The van der Waals surface area contributed by atoms with E-state index in [2.05, 4.69) is 34.1 Å². The molecule has 0 spiro atoms. The summed E-state index contributed by atoms with van der Waals surface area (Å²) in [7, 11) is 1.66. The highest BCUT2D eigenvalue weighted by Gasteiger charge is 2.27. The molecule has 0 bridgehead atoms. The van der Waals surface area contributed by atoms with E-state index in [0.717, 1.165) is 29.9 Å². The monoisotopic (exact) mass is 550 g/mol. The number of H-pyrrole nitrogens is 1. The van der Waals surface area contributed by atoms with Crippen LogP contribution in [-0.2, 0) is 17.8 Å². The maximum absolute atomic E-state index is 12.8. The molecule has 8 nitrogen and oxygen atoms in total. The van der Waals surface area contributed by atoms with Crippen molar-refractivity contribution in [2.45, 2.75) is 32.0 Å². The number of fused-ring (bicyclic) bond motifs is 1. The Morgan fingerprint density at radius 1 is 0.923 bits per heavy atom. The summed E-state index contributed by atoms with van der Waals surface area (Å²) in [4.78, 5) is 32.3. The third kappa shape index (κ3) is 7.02. The van der Waals surface area contributed by atoms with Gasteiger partial charge in [-0.1, -0.05) is 54.6 Å². The highest BCUT2D eigenvalue weighted by Crippen LogP contribution is 2.25. The third-order valence-electron chi connectivity index (χ3n) is 7.16. The number of imidazole rings is 1. The van der Waals surface area contributed by atoms with Crippen LogP contribution in [0, 0.1) is 0 Å². The molecule has 0 radical (unpaired) electrons. The number of rotatable bonds is 9. The number of nitrogens with one attached hydrogen (secondary N) is 1. The van der Waals surface area contributed by atoms with E-state index in [4.69, 9.17) is 9.47 Å². The Bertz CT molecular complexity index is 1400. The predicted molar refractivity (Wildman–Crippen MR) is 155 cm³/mol. The van der Waals surface area contributed by atoms with Gasteiger partial charge in [0.25, 0.3) is 0 Å². The minimum atomic E-state index is -0.293. The molecule has 1 fully saturated rings. The summed E-state index contributed by atoms with van der Waals surface area (Å²) in [6.45, 7) is 3.55. The number of nitrogens with zero attached hydrogens (tertiary/aromatic N) is 3. The molecule has 1 aliphatic rings. The van der Waals surface area contributed by atoms with Crippen molar-refractivity contribution in [3.05, 3.63) is 100 Å². The van der Waals surface area contributed by atoms with Gasteiger partial charge in [0.1, 0.15) is 12.4 Å². The number of likely N-dealkylation sites (tertiary alicyclic amines) is 1. The van der Waals surface area contributed by atoms with Crippen molar-refractivity contribution in [2.75, 3.05) is 33.4 Å². The topological polar surface area (TPSA) is 79.8 Å². The van der Waals surface area contributed by atoms with Crippen molar-refractivity contribution in [3.63, 3.8) is 0 Å². The molecule has 1 aliphatic heterocycles. The molecule has 206 valence electrons. The molecular weight excluding hydrogens is 516 g/mol. The average Bonchev–Trinajstić information content (AvgIpc) is 3.29. The number of aromatic amines is 1. The molecule has 0 saturated carbocycles. The molecule has 1 aromatic heterocycles. The molecule has 5 rings (SSSR count). The first-order valence-corrected chi connectivity index (χ1v) is 13.1. The average molecular weight is 551 g/mol. The number of hydrogen-bond acceptors (Lipinski definition) is 5. The van der Waals surface area contributed by atoms with Crippen LogP contribution in [0.3, 0.4) is 0 Å². The molecule has 1 N–H and O–H groups in total. The second-order valence-electron chi connectivity index (χ2n) is 9.69. The second-order valence-corrected chi connectivity index (χ2v) is 9.69. The second kappa shape index (κ2) is 13.4. The molecule has 1 saturated heterocycles. The normalized spacial score (nSPS) is 13.8. The summed E-state index contributed by atoms with van der Waals surface area (Å²) >= 11 is 0. The van der Waals surface area contributed by atoms with E-state index < -0.39 is 0 Å². The Balaban J connectivity index is 0.00000353.